The van der Waals surface area contributed by atoms with E-state index in [9.17, 15) is 4.79 Å². The maximum atomic E-state index is 10.7. The van der Waals surface area contributed by atoms with Gasteiger partial charge in [-0.25, -0.2) is 4.98 Å². The van der Waals surface area contributed by atoms with Gasteiger partial charge in [0.25, 0.3) is 0 Å². The summed E-state index contributed by atoms with van der Waals surface area (Å²) in [7, 11) is 0. The lowest BCUT2D eigenvalue weighted by Gasteiger charge is -2.02. The number of carboxylic acids is 1. The second-order valence-electron chi connectivity index (χ2n) is 4.79. The third-order valence-corrected chi connectivity index (χ3v) is 3.44. The highest BCUT2D eigenvalue weighted by Gasteiger charge is 2.16. The zero-order chi connectivity index (χ0) is 14.1. The molecular formula is C15H15N3O2. The molecule has 5 heteroatoms. The van der Waals surface area contributed by atoms with Crippen LogP contribution in [0.5, 0.6) is 0 Å². The number of rotatable bonds is 4. The number of imidazole rings is 1. The maximum absolute atomic E-state index is 10.7. The lowest BCUT2D eigenvalue weighted by Crippen LogP contribution is -1.99. The highest BCUT2D eigenvalue weighted by molar-refractivity contribution is 5.97. The summed E-state index contributed by atoms with van der Waals surface area (Å²) in [5.41, 5.74) is 4.84. The molecule has 0 unspecified atom stereocenters. The Hall–Kier alpha value is -2.56. The standard InChI is InChI=1S/C15H15N3O2/c1-9-14(10-4-2-3-5-11(10)18-9)15-12(16-8-17-15)6-7-13(19)20/h2-5,8,18H,6-7H2,1H3,(H,16,17)(H,19,20). The number of nitrogens with one attached hydrogen (secondary N) is 2. The average Bonchev–Trinajstić information content (AvgIpc) is 2.98. The first-order valence-corrected chi connectivity index (χ1v) is 6.48. The molecule has 0 saturated carbocycles. The smallest absolute Gasteiger partial charge is 0.303 e. The van der Waals surface area contributed by atoms with Crippen LogP contribution in [-0.4, -0.2) is 26.0 Å². The fraction of sp³-hybridized carbons (Fsp3) is 0.200. The number of nitrogens with zero attached hydrogens (tertiary/aromatic N) is 1. The molecule has 1 aromatic carbocycles. The first kappa shape index (κ1) is 12.5. The predicted octanol–water partition coefficient (Wildman–Crippen LogP) is 2.88. The molecule has 3 rings (SSSR count). The SMILES string of the molecule is Cc1[nH]c2ccccc2c1-c1nc[nH]c1CCC(=O)O. The molecule has 0 amide bonds. The Morgan fingerprint density at radius 3 is 2.95 bits per heavy atom. The Morgan fingerprint density at radius 1 is 1.35 bits per heavy atom. The quantitative estimate of drug-likeness (QED) is 0.681. The Morgan fingerprint density at radius 2 is 2.15 bits per heavy atom. The van der Waals surface area contributed by atoms with E-state index in [1.165, 1.54) is 0 Å². The van der Waals surface area contributed by atoms with Gasteiger partial charge in [0.2, 0.25) is 0 Å². The van der Waals surface area contributed by atoms with Crippen LogP contribution in [0.4, 0.5) is 0 Å². The molecular weight excluding hydrogens is 254 g/mol. The number of aryl methyl sites for hydroxylation is 2. The monoisotopic (exact) mass is 269 g/mol. The summed E-state index contributed by atoms with van der Waals surface area (Å²) in [5.74, 6) is -0.804. The summed E-state index contributed by atoms with van der Waals surface area (Å²) < 4.78 is 0. The van der Waals surface area contributed by atoms with Crippen LogP contribution >= 0.6 is 0 Å². The summed E-state index contributed by atoms with van der Waals surface area (Å²) in [6.45, 7) is 2.00. The van der Waals surface area contributed by atoms with Crippen molar-refractivity contribution in [1.29, 1.82) is 0 Å². The van der Waals surface area contributed by atoms with E-state index in [0.717, 1.165) is 33.5 Å². The van der Waals surface area contributed by atoms with Crippen LogP contribution in [0.25, 0.3) is 22.2 Å². The lowest BCUT2D eigenvalue weighted by molar-refractivity contribution is -0.136. The van der Waals surface area contributed by atoms with Crippen LogP contribution in [0, 0.1) is 6.92 Å². The molecule has 0 atom stereocenters. The average molecular weight is 269 g/mol. The van der Waals surface area contributed by atoms with Crippen molar-refractivity contribution in [2.24, 2.45) is 0 Å². The van der Waals surface area contributed by atoms with Crippen molar-refractivity contribution in [1.82, 2.24) is 15.0 Å². The number of benzene rings is 1. The van der Waals surface area contributed by atoms with Gasteiger partial charge in [-0.15, -0.1) is 0 Å². The van der Waals surface area contributed by atoms with Crippen LogP contribution < -0.4 is 0 Å². The van der Waals surface area contributed by atoms with E-state index in [4.69, 9.17) is 5.11 Å². The van der Waals surface area contributed by atoms with Gasteiger partial charge in [0, 0.05) is 34.3 Å². The number of H-pyrrole nitrogens is 2. The first-order chi connectivity index (χ1) is 9.66. The fourth-order valence-corrected chi connectivity index (χ4v) is 2.54. The molecule has 2 heterocycles. The minimum atomic E-state index is -0.804. The van der Waals surface area contributed by atoms with Crippen molar-refractivity contribution in [3.8, 4) is 11.3 Å². The van der Waals surface area contributed by atoms with Crippen LogP contribution in [0.3, 0.4) is 0 Å². The van der Waals surface area contributed by atoms with Gasteiger partial charge in [-0.2, -0.15) is 0 Å². The molecule has 0 aliphatic carbocycles. The molecule has 0 spiro atoms. The minimum Gasteiger partial charge on any atom is -0.481 e. The van der Waals surface area contributed by atoms with Crippen LogP contribution in [0.1, 0.15) is 17.8 Å². The van der Waals surface area contributed by atoms with Crippen LogP contribution in [-0.2, 0) is 11.2 Å². The molecule has 2 aromatic heterocycles. The number of para-hydroxylation sites is 1. The van der Waals surface area contributed by atoms with E-state index in [-0.39, 0.29) is 6.42 Å². The number of aliphatic carboxylic acids is 1. The van der Waals surface area contributed by atoms with Crippen molar-refractivity contribution >= 4 is 16.9 Å². The van der Waals surface area contributed by atoms with E-state index in [0.29, 0.717) is 6.42 Å². The molecule has 0 radical (unpaired) electrons. The Balaban J connectivity index is 2.09. The van der Waals surface area contributed by atoms with Gasteiger partial charge >= 0.3 is 5.97 Å². The Bertz CT molecular complexity index is 770. The summed E-state index contributed by atoms with van der Waals surface area (Å²) in [6, 6.07) is 8.04. The summed E-state index contributed by atoms with van der Waals surface area (Å²) >= 11 is 0. The molecule has 3 N–H and O–H groups in total. The van der Waals surface area contributed by atoms with Gasteiger partial charge in [0.15, 0.2) is 0 Å². The molecule has 0 fully saturated rings. The molecule has 0 bridgehead atoms. The minimum absolute atomic E-state index is 0.0938. The van der Waals surface area contributed by atoms with Gasteiger partial charge in [0.05, 0.1) is 18.4 Å². The topological polar surface area (TPSA) is 81.8 Å². The highest BCUT2D eigenvalue weighted by Crippen LogP contribution is 2.32. The zero-order valence-corrected chi connectivity index (χ0v) is 11.1. The van der Waals surface area contributed by atoms with E-state index in [2.05, 4.69) is 15.0 Å². The Kier molecular flexibility index (Phi) is 3.02. The van der Waals surface area contributed by atoms with Crippen molar-refractivity contribution in [2.75, 3.05) is 0 Å². The number of aromatic amines is 2. The van der Waals surface area contributed by atoms with E-state index < -0.39 is 5.97 Å². The van der Waals surface area contributed by atoms with Crippen molar-refractivity contribution in [3.05, 3.63) is 42.0 Å². The second-order valence-corrected chi connectivity index (χ2v) is 4.79. The van der Waals surface area contributed by atoms with Gasteiger partial charge in [-0.1, -0.05) is 18.2 Å². The van der Waals surface area contributed by atoms with Crippen molar-refractivity contribution in [2.45, 2.75) is 19.8 Å². The summed E-state index contributed by atoms with van der Waals surface area (Å²) in [4.78, 5) is 21.5. The van der Waals surface area contributed by atoms with Gasteiger partial charge < -0.3 is 15.1 Å². The van der Waals surface area contributed by atoms with Crippen LogP contribution in [0.2, 0.25) is 0 Å². The fourth-order valence-electron chi connectivity index (χ4n) is 2.54. The van der Waals surface area contributed by atoms with E-state index >= 15 is 0 Å². The number of fused-ring (bicyclic) bond motifs is 1. The van der Waals surface area contributed by atoms with E-state index in [1.807, 2.05) is 31.2 Å². The predicted molar refractivity (Wildman–Crippen MR) is 76.6 cm³/mol. The summed E-state index contributed by atoms with van der Waals surface area (Å²) in [6.07, 6.45) is 2.16. The third-order valence-electron chi connectivity index (χ3n) is 3.44. The molecule has 0 saturated heterocycles. The summed E-state index contributed by atoms with van der Waals surface area (Å²) in [5, 5.41) is 9.92. The van der Waals surface area contributed by atoms with Crippen molar-refractivity contribution < 1.29 is 9.90 Å². The molecule has 20 heavy (non-hydrogen) atoms. The van der Waals surface area contributed by atoms with Crippen LogP contribution in [0.15, 0.2) is 30.6 Å². The van der Waals surface area contributed by atoms with Gasteiger partial charge in [-0.05, 0) is 13.0 Å². The number of hydrogen-bond donors (Lipinski definition) is 3. The zero-order valence-electron chi connectivity index (χ0n) is 11.1. The van der Waals surface area contributed by atoms with Gasteiger partial charge in [0.1, 0.15) is 0 Å². The van der Waals surface area contributed by atoms with E-state index in [1.54, 1.807) is 6.33 Å². The van der Waals surface area contributed by atoms with Crippen molar-refractivity contribution in [3.63, 3.8) is 0 Å². The second kappa shape index (κ2) is 4.85. The number of hydrogen-bond acceptors (Lipinski definition) is 2. The maximum Gasteiger partial charge on any atom is 0.303 e. The largest absolute Gasteiger partial charge is 0.481 e. The first-order valence-electron chi connectivity index (χ1n) is 6.48. The molecule has 3 aromatic rings. The molecule has 0 aliphatic rings. The number of carbonyl (C=O) groups is 1. The number of carboxylic acid groups (broad SMARTS) is 1. The Labute approximate surface area is 115 Å². The van der Waals surface area contributed by atoms with Gasteiger partial charge in [-0.3, -0.25) is 4.79 Å². The molecule has 5 nitrogen and oxygen atoms in total. The molecule has 0 aliphatic heterocycles. The third kappa shape index (κ3) is 2.07. The lowest BCUT2D eigenvalue weighted by atomic mass is 10.0. The normalized spacial score (nSPS) is 11.1. The highest BCUT2D eigenvalue weighted by atomic mass is 16.4. The molecule has 102 valence electrons. The number of aromatic nitrogens is 3.